The van der Waals surface area contributed by atoms with E-state index in [0.717, 1.165) is 57.9 Å². The molecule has 2 saturated heterocycles. The molecule has 4 heterocycles. The zero-order valence-electron chi connectivity index (χ0n) is 18.8. The van der Waals surface area contributed by atoms with Crippen molar-refractivity contribution in [3.05, 3.63) is 65.5 Å². The maximum absolute atomic E-state index is 12.8. The Labute approximate surface area is 198 Å². The van der Waals surface area contributed by atoms with Crippen LogP contribution in [0.4, 0.5) is 0 Å². The molecule has 1 amide bonds. The Hall–Kier alpha value is -1.95. The molecule has 0 unspecified atom stereocenters. The minimum absolute atomic E-state index is 0. The Morgan fingerprint density at radius 1 is 1.12 bits per heavy atom. The summed E-state index contributed by atoms with van der Waals surface area (Å²) in [5.74, 6) is 1.77. The molecular weight excluding hydrogens is 420 g/mol. The number of hydrogen-bond acceptors (Lipinski definition) is 4. The summed E-state index contributed by atoms with van der Waals surface area (Å²) in [7, 11) is 0. The number of pyridine rings is 1. The molecule has 3 atom stereocenters. The minimum Gasteiger partial charge on any atom is -0.338 e. The number of fused-ring (bicyclic) bond motifs is 3. The largest absolute Gasteiger partial charge is 0.338 e. The number of piperidine rings is 2. The Bertz CT molecular complexity index is 892. The average molecular weight is 455 g/mol. The van der Waals surface area contributed by atoms with Crippen LogP contribution in [0.5, 0.6) is 0 Å². The fourth-order valence-corrected chi connectivity index (χ4v) is 5.83. The molecule has 0 radical (unpaired) electrons. The predicted octanol–water partition coefficient (Wildman–Crippen LogP) is 3.67. The van der Waals surface area contributed by atoms with E-state index < -0.39 is 0 Å². The number of nitrogens with one attached hydrogen (secondary N) is 1. The van der Waals surface area contributed by atoms with Gasteiger partial charge in [0.05, 0.1) is 0 Å². The molecule has 172 valence electrons. The Morgan fingerprint density at radius 2 is 2.00 bits per heavy atom. The van der Waals surface area contributed by atoms with Gasteiger partial charge in [-0.1, -0.05) is 30.3 Å². The molecule has 0 spiro atoms. The van der Waals surface area contributed by atoms with Crippen molar-refractivity contribution in [2.45, 2.75) is 51.2 Å². The van der Waals surface area contributed by atoms with Gasteiger partial charge in [0.2, 0.25) is 5.91 Å². The van der Waals surface area contributed by atoms with Gasteiger partial charge in [0.1, 0.15) is 0 Å². The van der Waals surface area contributed by atoms with E-state index in [9.17, 15) is 4.79 Å². The summed E-state index contributed by atoms with van der Waals surface area (Å²) >= 11 is 0. The third kappa shape index (κ3) is 5.51. The lowest BCUT2D eigenvalue weighted by atomic mass is 9.79. The summed E-state index contributed by atoms with van der Waals surface area (Å²) in [6.45, 7) is 6.10. The van der Waals surface area contributed by atoms with E-state index >= 15 is 0 Å². The second-order valence-corrected chi connectivity index (χ2v) is 9.66. The van der Waals surface area contributed by atoms with E-state index in [1.807, 2.05) is 18.5 Å². The molecule has 2 aromatic rings. The topological polar surface area (TPSA) is 48.5 Å². The number of rotatable bonds is 6. The van der Waals surface area contributed by atoms with Crippen LogP contribution >= 0.6 is 12.4 Å². The molecule has 1 N–H and O–H groups in total. The summed E-state index contributed by atoms with van der Waals surface area (Å²) in [5, 5.41) is 3.81. The van der Waals surface area contributed by atoms with Gasteiger partial charge in [-0.05, 0) is 66.8 Å². The van der Waals surface area contributed by atoms with Crippen LogP contribution in [0.15, 0.2) is 48.8 Å². The highest BCUT2D eigenvalue weighted by molar-refractivity contribution is 5.85. The first kappa shape index (κ1) is 23.2. The number of amides is 1. The lowest BCUT2D eigenvalue weighted by Crippen LogP contribution is -2.55. The molecule has 3 aliphatic heterocycles. The van der Waals surface area contributed by atoms with Crippen molar-refractivity contribution < 1.29 is 4.79 Å². The van der Waals surface area contributed by atoms with Crippen LogP contribution in [-0.4, -0.2) is 52.9 Å². The van der Waals surface area contributed by atoms with Gasteiger partial charge in [-0.2, -0.15) is 0 Å². The fraction of sp³-hybridized carbons (Fsp3) is 0.538. The normalized spacial score (nSPS) is 25.0. The van der Waals surface area contributed by atoms with Crippen LogP contribution in [-0.2, 0) is 24.3 Å². The molecule has 0 saturated carbocycles. The molecule has 32 heavy (non-hydrogen) atoms. The van der Waals surface area contributed by atoms with Crippen molar-refractivity contribution in [2.75, 3.05) is 26.2 Å². The van der Waals surface area contributed by atoms with Gasteiger partial charge in [-0.15, -0.1) is 12.4 Å². The second-order valence-electron chi connectivity index (χ2n) is 9.66. The third-order valence-corrected chi connectivity index (χ3v) is 7.40. The molecule has 0 aliphatic carbocycles. The molecule has 2 fully saturated rings. The second kappa shape index (κ2) is 10.8. The molecule has 6 heteroatoms. The van der Waals surface area contributed by atoms with Gasteiger partial charge < -0.3 is 10.2 Å². The van der Waals surface area contributed by atoms with Gasteiger partial charge in [-0.25, -0.2) is 0 Å². The van der Waals surface area contributed by atoms with Gasteiger partial charge in [0, 0.05) is 57.6 Å². The summed E-state index contributed by atoms with van der Waals surface area (Å²) in [6.07, 6.45) is 8.92. The number of carbonyl (C=O) groups excluding carboxylic acids is 1. The van der Waals surface area contributed by atoms with E-state index in [4.69, 9.17) is 0 Å². The first-order valence-electron chi connectivity index (χ1n) is 11.9. The molecule has 1 aromatic heterocycles. The predicted molar refractivity (Wildman–Crippen MR) is 130 cm³/mol. The van der Waals surface area contributed by atoms with E-state index in [0.29, 0.717) is 24.3 Å². The summed E-state index contributed by atoms with van der Waals surface area (Å²) in [5.41, 5.74) is 4.03. The van der Waals surface area contributed by atoms with Crippen LogP contribution in [0.1, 0.15) is 42.4 Å². The van der Waals surface area contributed by atoms with Gasteiger partial charge in [-0.3, -0.25) is 14.7 Å². The molecule has 5 rings (SSSR count). The monoisotopic (exact) mass is 454 g/mol. The first-order chi connectivity index (χ1) is 15.2. The zero-order chi connectivity index (χ0) is 21.0. The third-order valence-electron chi connectivity index (χ3n) is 7.40. The maximum atomic E-state index is 12.8. The zero-order valence-corrected chi connectivity index (χ0v) is 19.6. The number of halogens is 1. The SMILES string of the molecule is Cl.O=C(CCC[C@H]1NC[C@@H]2C[C@H]1CN(Cc1cccnc1)C2)N1CCc2ccccc2C1. The van der Waals surface area contributed by atoms with Crippen molar-refractivity contribution >= 4 is 18.3 Å². The van der Waals surface area contributed by atoms with Crippen molar-refractivity contribution in [3.8, 4) is 0 Å². The maximum Gasteiger partial charge on any atom is 0.222 e. The highest BCUT2D eigenvalue weighted by atomic mass is 35.5. The van der Waals surface area contributed by atoms with E-state index in [2.05, 4.69) is 50.4 Å². The Morgan fingerprint density at radius 3 is 2.84 bits per heavy atom. The Balaban J connectivity index is 0.00000245. The molecule has 3 aliphatic rings. The van der Waals surface area contributed by atoms with Crippen LogP contribution in [0, 0.1) is 11.8 Å². The van der Waals surface area contributed by atoms with E-state index in [1.54, 1.807) is 0 Å². The number of hydrogen-bond donors (Lipinski definition) is 1. The van der Waals surface area contributed by atoms with Crippen molar-refractivity contribution in [2.24, 2.45) is 11.8 Å². The fourth-order valence-electron chi connectivity index (χ4n) is 5.83. The van der Waals surface area contributed by atoms with Gasteiger partial charge in [0.25, 0.3) is 0 Å². The van der Waals surface area contributed by atoms with Crippen LogP contribution < -0.4 is 5.32 Å². The van der Waals surface area contributed by atoms with Crippen molar-refractivity contribution in [1.82, 2.24) is 20.1 Å². The molecule has 2 bridgehead atoms. The number of likely N-dealkylation sites (tertiary alicyclic amines) is 1. The smallest absolute Gasteiger partial charge is 0.222 e. The lowest BCUT2D eigenvalue weighted by Gasteiger charge is -2.46. The van der Waals surface area contributed by atoms with Crippen molar-refractivity contribution in [1.29, 1.82) is 0 Å². The van der Waals surface area contributed by atoms with Gasteiger partial charge in [0.15, 0.2) is 0 Å². The molecule has 5 nitrogen and oxygen atoms in total. The number of carbonyl (C=O) groups is 1. The lowest BCUT2D eigenvalue weighted by molar-refractivity contribution is -0.132. The van der Waals surface area contributed by atoms with Crippen LogP contribution in [0.3, 0.4) is 0 Å². The van der Waals surface area contributed by atoms with Crippen molar-refractivity contribution in [3.63, 3.8) is 0 Å². The first-order valence-corrected chi connectivity index (χ1v) is 11.9. The molecular formula is C26H35ClN4O. The molecule has 1 aromatic carbocycles. The van der Waals surface area contributed by atoms with Crippen LogP contribution in [0.25, 0.3) is 0 Å². The van der Waals surface area contributed by atoms with Gasteiger partial charge >= 0.3 is 0 Å². The minimum atomic E-state index is 0. The summed E-state index contributed by atoms with van der Waals surface area (Å²) in [4.78, 5) is 21.8. The number of benzene rings is 1. The summed E-state index contributed by atoms with van der Waals surface area (Å²) in [6, 6.07) is 13.3. The highest BCUT2D eigenvalue weighted by Crippen LogP contribution is 2.31. The highest BCUT2D eigenvalue weighted by Gasteiger charge is 2.36. The Kier molecular flexibility index (Phi) is 7.82. The number of aromatic nitrogens is 1. The number of nitrogens with zero attached hydrogens (tertiary/aromatic N) is 3. The van der Waals surface area contributed by atoms with E-state index in [-0.39, 0.29) is 12.4 Å². The quantitative estimate of drug-likeness (QED) is 0.723. The van der Waals surface area contributed by atoms with E-state index in [1.165, 1.54) is 29.7 Å². The van der Waals surface area contributed by atoms with Crippen LogP contribution in [0.2, 0.25) is 0 Å². The summed E-state index contributed by atoms with van der Waals surface area (Å²) < 4.78 is 0. The average Bonchev–Trinajstić information content (AvgIpc) is 2.81. The standard InChI is InChI=1S/C26H34N4O.ClH/c31-26(30-12-10-22-6-1-2-7-23(22)19-30)9-3-8-25-24-13-21(15-28-25)17-29(18-24)16-20-5-4-11-27-14-20;/h1-2,4-7,11,14,21,24-25,28H,3,8-10,12-13,15-19H2;1H/t21-,24-,25+;/m0./s1.